The summed E-state index contributed by atoms with van der Waals surface area (Å²) < 4.78 is 31.1. The number of hydrogen-bond donors (Lipinski definition) is 3. The molecule has 1 atom stereocenters. The fourth-order valence-electron chi connectivity index (χ4n) is 2.36. The Bertz CT molecular complexity index is 429. The third kappa shape index (κ3) is 16.7. The Morgan fingerprint density at radius 2 is 1.31 bits per heavy atom. The van der Waals surface area contributed by atoms with E-state index in [1.54, 1.807) is 0 Å². The first-order chi connectivity index (χ1) is 11.9. The Morgan fingerprint density at radius 1 is 0.885 bits per heavy atom. The molecule has 0 radical (unpaired) electrons. The van der Waals surface area contributed by atoms with Crippen LogP contribution in [0.1, 0.15) is 84.0 Å². The van der Waals surface area contributed by atoms with E-state index in [1.807, 2.05) is 0 Å². The molecule has 0 heterocycles. The molecular formula is C17H37NO7S. The molecule has 5 N–H and O–H groups in total. The van der Waals surface area contributed by atoms with Crippen molar-refractivity contribution in [3.8, 4) is 0 Å². The average molecular weight is 400 g/mol. The lowest BCUT2D eigenvalue weighted by molar-refractivity contribution is -0.145. The number of rotatable bonds is 17. The molecule has 9 heteroatoms. The van der Waals surface area contributed by atoms with E-state index >= 15 is 0 Å². The van der Waals surface area contributed by atoms with E-state index in [4.69, 9.17) is 10.2 Å². The predicted molar refractivity (Wildman–Crippen MR) is 100 cm³/mol. The quantitative estimate of drug-likeness (QED) is 0.316. The average Bonchev–Trinajstić information content (AvgIpc) is 2.57. The monoisotopic (exact) mass is 399 g/mol. The van der Waals surface area contributed by atoms with E-state index in [0.29, 0.717) is 6.42 Å². The summed E-state index contributed by atoms with van der Waals surface area (Å²) in [6.07, 6.45) is 12.0. The van der Waals surface area contributed by atoms with Gasteiger partial charge in [0.15, 0.2) is 6.10 Å². The molecule has 8 nitrogen and oxygen atoms in total. The van der Waals surface area contributed by atoms with Gasteiger partial charge in [-0.05, 0) is 6.42 Å². The predicted octanol–water partition coefficient (Wildman–Crippen LogP) is 3.01. The van der Waals surface area contributed by atoms with E-state index in [-0.39, 0.29) is 12.8 Å². The fourth-order valence-corrected chi connectivity index (χ4v) is 3.04. The highest BCUT2D eigenvalue weighted by atomic mass is 32.3. The smallest absolute Gasteiger partial charge is 0.393 e. The topological polar surface area (TPSA) is 145 Å². The summed E-state index contributed by atoms with van der Waals surface area (Å²) in [6.45, 7) is 1.24. The van der Waals surface area contributed by atoms with E-state index in [0.717, 1.165) is 19.3 Å². The zero-order valence-corrected chi connectivity index (χ0v) is 16.8. The molecule has 1 unspecified atom stereocenters. The van der Waals surface area contributed by atoms with Crippen LogP contribution in [0.5, 0.6) is 0 Å². The van der Waals surface area contributed by atoms with Crippen LogP contribution in [-0.2, 0) is 23.6 Å². The second-order valence-electron chi connectivity index (χ2n) is 6.22. The second kappa shape index (κ2) is 17.7. The molecule has 0 saturated carbocycles. The van der Waals surface area contributed by atoms with Crippen LogP contribution in [0.15, 0.2) is 0 Å². The summed E-state index contributed by atoms with van der Waals surface area (Å²) in [4.78, 5) is 11.0. The standard InChI is InChI=1S/C17H34O7S.H3N/c1-2-3-4-5-6-7-8-9-10-11-12-13-14-23-25(21,22)24-17(20)16(19)15-18;/h16,18-19H,2-15H2,1H3;1H3. The van der Waals surface area contributed by atoms with Crippen LogP contribution < -0.4 is 6.15 Å². The minimum Gasteiger partial charge on any atom is -0.393 e. The molecule has 0 aromatic heterocycles. The largest absolute Gasteiger partial charge is 0.451 e. The molecule has 0 saturated heterocycles. The highest BCUT2D eigenvalue weighted by molar-refractivity contribution is 7.82. The van der Waals surface area contributed by atoms with Gasteiger partial charge in [-0.15, -0.1) is 0 Å². The number of carbonyl (C=O) groups excluding carboxylic acids is 1. The molecule has 0 spiro atoms. The minimum atomic E-state index is -4.47. The van der Waals surface area contributed by atoms with Crippen LogP contribution >= 0.6 is 0 Å². The van der Waals surface area contributed by atoms with Gasteiger partial charge in [-0.2, -0.15) is 8.42 Å². The Labute approximate surface area is 158 Å². The molecule has 0 rings (SSSR count). The van der Waals surface area contributed by atoms with Crippen molar-refractivity contribution in [2.75, 3.05) is 13.2 Å². The van der Waals surface area contributed by atoms with Gasteiger partial charge in [0.05, 0.1) is 13.2 Å². The van der Waals surface area contributed by atoms with Crippen molar-refractivity contribution in [3.05, 3.63) is 0 Å². The van der Waals surface area contributed by atoms with Gasteiger partial charge in [0.1, 0.15) is 0 Å². The lowest BCUT2D eigenvalue weighted by Gasteiger charge is -2.08. The van der Waals surface area contributed by atoms with Gasteiger partial charge in [-0.1, -0.05) is 77.6 Å². The van der Waals surface area contributed by atoms with Crippen LogP contribution in [0.25, 0.3) is 0 Å². The molecule has 0 bridgehead atoms. The zero-order chi connectivity index (χ0) is 19.0. The number of aliphatic hydroxyl groups is 2. The van der Waals surface area contributed by atoms with Crippen LogP contribution in [0.3, 0.4) is 0 Å². The Morgan fingerprint density at radius 3 is 1.73 bits per heavy atom. The first-order valence-electron chi connectivity index (χ1n) is 9.34. The molecule has 0 fully saturated rings. The summed E-state index contributed by atoms with van der Waals surface area (Å²) in [7, 11) is -4.47. The summed E-state index contributed by atoms with van der Waals surface area (Å²) in [5.74, 6) is -1.45. The van der Waals surface area contributed by atoms with Gasteiger partial charge in [0, 0.05) is 0 Å². The van der Waals surface area contributed by atoms with E-state index < -0.39 is 29.1 Å². The number of unbranched alkanes of at least 4 members (excludes halogenated alkanes) is 11. The van der Waals surface area contributed by atoms with Crippen molar-refractivity contribution >= 4 is 16.4 Å². The van der Waals surface area contributed by atoms with Crippen molar-refractivity contribution in [2.24, 2.45) is 0 Å². The van der Waals surface area contributed by atoms with Crippen LogP contribution in [-0.4, -0.2) is 43.9 Å². The van der Waals surface area contributed by atoms with Gasteiger partial charge >= 0.3 is 16.4 Å². The van der Waals surface area contributed by atoms with E-state index in [9.17, 15) is 13.2 Å². The molecule has 0 aliphatic rings. The molecule has 26 heavy (non-hydrogen) atoms. The maximum absolute atomic E-state index is 11.3. The van der Waals surface area contributed by atoms with Crippen molar-refractivity contribution in [3.63, 3.8) is 0 Å². The third-order valence-corrected chi connectivity index (χ3v) is 4.68. The van der Waals surface area contributed by atoms with E-state index in [1.165, 1.54) is 51.4 Å². The maximum atomic E-state index is 11.3. The Kier molecular flexibility index (Phi) is 18.7. The van der Waals surface area contributed by atoms with E-state index in [2.05, 4.69) is 15.3 Å². The number of aliphatic hydroxyl groups excluding tert-OH is 2. The van der Waals surface area contributed by atoms with Crippen molar-refractivity contribution in [1.82, 2.24) is 6.15 Å². The molecule has 158 valence electrons. The first-order valence-corrected chi connectivity index (χ1v) is 10.7. The SMILES string of the molecule is CCCCCCCCCCCCCCOS(=O)(=O)OC(=O)C(O)CO.N. The molecule has 0 aliphatic heterocycles. The van der Waals surface area contributed by atoms with Gasteiger partial charge in [0.25, 0.3) is 0 Å². The normalized spacial score (nSPS) is 12.4. The highest BCUT2D eigenvalue weighted by Gasteiger charge is 2.23. The number of hydrogen-bond acceptors (Lipinski definition) is 8. The van der Waals surface area contributed by atoms with Gasteiger partial charge in [-0.3, -0.25) is 0 Å². The van der Waals surface area contributed by atoms with Gasteiger partial charge < -0.3 is 20.5 Å². The summed E-state index contributed by atoms with van der Waals surface area (Å²) >= 11 is 0. The third-order valence-electron chi connectivity index (χ3n) is 3.85. The first kappa shape index (κ1) is 27.5. The van der Waals surface area contributed by atoms with Crippen LogP contribution in [0.4, 0.5) is 0 Å². The fraction of sp³-hybridized carbons (Fsp3) is 0.941. The molecule has 0 amide bonds. The second-order valence-corrected chi connectivity index (χ2v) is 7.44. The summed E-state index contributed by atoms with van der Waals surface area (Å²) in [5.41, 5.74) is 0. The van der Waals surface area contributed by atoms with Crippen molar-refractivity contribution in [2.45, 2.75) is 90.1 Å². The van der Waals surface area contributed by atoms with Gasteiger partial charge in [0.2, 0.25) is 0 Å². The molecule has 0 aromatic carbocycles. The minimum absolute atomic E-state index is 0. The lowest BCUT2D eigenvalue weighted by atomic mass is 10.1. The maximum Gasteiger partial charge on any atom is 0.451 e. The molecular weight excluding hydrogens is 362 g/mol. The van der Waals surface area contributed by atoms with Crippen molar-refractivity contribution < 1.29 is 31.8 Å². The summed E-state index contributed by atoms with van der Waals surface area (Å²) in [5, 5.41) is 17.4. The van der Waals surface area contributed by atoms with Gasteiger partial charge in [-0.25, -0.2) is 8.98 Å². The van der Waals surface area contributed by atoms with Crippen LogP contribution in [0.2, 0.25) is 0 Å². The zero-order valence-electron chi connectivity index (χ0n) is 16.0. The molecule has 0 aromatic rings. The highest BCUT2D eigenvalue weighted by Crippen LogP contribution is 2.12. The Balaban J connectivity index is 0. The molecule has 0 aliphatic carbocycles. The lowest BCUT2D eigenvalue weighted by Crippen LogP contribution is -2.29. The number of carbonyl (C=O) groups is 1. The Hall–Kier alpha value is -0.740. The van der Waals surface area contributed by atoms with Crippen molar-refractivity contribution in [1.29, 1.82) is 0 Å². The summed E-state index contributed by atoms with van der Waals surface area (Å²) in [6, 6.07) is 0. The van der Waals surface area contributed by atoms with Crippen LogP contribution in [0, 0.1) is 0 Å².